The predicted octanol–water partition coefficient (Wildman–Crippen LogP) is 3.96. The van der Waals surface area contributed by atoms with Gasteiger partial charge in [-0.2, -0.15) is 5.10 Å². The molecule has 1 N–H and O–H groups in total. The van der Waals surface area contributed by atoms with E-state index in [0.29, 0.717) is 6.42 Å². The molecule has 7 nitrogen and oxygen atoms in total. The van der Waals surface area contributed by atoms with Crippen LogP contribution in [-0.2, 0) is 18.4 Å². The predicted molar refractivity (Wildman–Crippen MR) is 120 cm³/mol. The van der Waals surface area contributed by atoms with Crippen LogP contribution in [0.2, 0.25) is 0 Å². The average molecular weight is 409 g/mol. The molecule has 1 aromatic carbocycles. The van der Waals surface area contributed by atoms with Crippen molar-refractivity contribution in [3.8, 4) is 0 Å². The Balaban J connectivity index is 1.44. The van der Waals surface area contributed by atoms with E-state index in [1.807, 2.05) is 49.7 Å². The first-order chi connectivity index (χ1) is 14.4. The van der Waals surface area contributed by atoms with Gasteiger partial charge in [0.2, 0.25) is 5.91 Å². The number of carbonyl (C=O) groups is 1. The number of benzene rings is 1. The van der Waals surface area contributed by atoms with Gasteiger partial charge in [0.25, 0.3) is 0 Å². The van der Waals surface area contributed by atoms with Crippen molar-refractivity contribution in [3.05, 3.63) is 41.5 Å². The number of aromatic nitrogens is 4. The van der Waals surface area contributed by atoms with Gasteiger partial charge in [-0.25, -0.2) is 4.98 Å². The summed E-state index contributed by atoms with van der Waals surface area (Å²) in [6.45, 7) is 9.19. The lowest BCUT2D eigenvalue weighted by Crippen LogP contribution is -2.30. The number of piperidine rings is 1. The second-order valence-corrected chi connectivity index (χ2v) is 8.60. The molecule has 1 fully saturated rings. The van der Waals surface area contributed by atoms with E-state index in [0.717, 1.165) is 53.6 Å². The number of anilines is 1. The summed E-state index contributed by atoms with van der Waals surface area (Å²) < 4.78 is 4.09. The van der Waals surface area contributed by atoms with E-state index in [1.54, 1.807) is 0 Å². The molecule has 0 radical (unpaired) electrons. The Bertz CT molecular complexity index is 1040. The quantitative estimate of drug-likeness (QED) is 0.670. The number of likely N-dealkylation sites (tertiary alicyclic amines) is 1. The number of hydrogen-bond acceptors (Lipinski definition) is 4. The maximum Gasteiger partial charge on any atom is 0.226 e. The SMILES string of the molecule is Cc1cc(C)n([C@H](C)CC(=O)Nc2ccc3c(c2)nc(CN2CCCCC2)n3C)n1. The van der Waals surface area contributed by atoms with Crippen molar-refractivity contribution < 1.29 is 4.79 Å². The van der Waals surface area contributed by atoms with Gasteiger partial charge in [-0.3, -0.25) is 14.4 Å². The van der Waals surface area contributed by atoms with Gasteiger partial charge >= 0.3 is 0 Å². The Morgan fingerprint density at radius 1 is 1.17 bits per heavy atom. The molecule has 3 heterocycles. The summed E-state index contributed by atoms with van der Waals surface area (Å²) in [5.41, 5.74) is 4.85. The maximum absolute atomic E-state index is 12.6. The summed E-state index contributed by atoms with van der Waals surface area (Å²) in [7, 11) is 2.07. The molecule has 3 aromatic rings. The average Bonchev–Trinajstić information content (AvgIpc) is 3.20. The number of amides is 1. The van der Waals surface area contributed by atoms with Gasteiger partial charge in [0, 0.05) is 24.8 Å². The van der Waals surface area contributed by atoms with E-state index in [-0.39, 0.29) is 11.9 Å². The Morgan fingerprint density at radius 2 is 1.93 bits per heavy atom. The van der Waals surface area contributed by atoms with E-state index in [4.69, 9.17) is 4.98 Å². The molecule has 0 spiro atoms. The van der Waals surface area contributed by atoms with Gasteiger partial charge < -0.3 is 9.88 Å². The van der Waals surface area contributed by atoms with Gasteiger partial charge in [-0.05, 0) is 71.0 Å². The van der Waals surface area contributed by atoms with Gasteiger partial charge in [-0.1, -0.05) is 6.42 Å². The summed E-state index contributed by atoms with van der Waals surface area (Å²) in [5.74, 6) is 1.06. The number of aryl methyl sites for hydroxylation is 3. The largest absolute Gasteiger partial charge is 0.330 e. The molecule has 7 heteroatoms. The number of rotatable bonds is 6. The highest BCUT2D eigenvalue weighted by Gasteiger charge is 2.17. The van der Waals surface area contributed by atoms with Crippen LogP contribution in [0.3, 0.4) is 0 Å². The van der Waals surface area contributed by atoms with Crippen molar-refractivity contribution >= 4 is 22.6 Å². The fourth-order valence-corrected chi connectivity index (χ4v) is 4.45. The van der Waals surface area contributed by atoms with E-state index in [2.05, 4.69) is 26.9 Å². The minimum atomic E-state index is -0.0149. The van der Waals surface area contributed by atoms with Crippen molar-refractivity contribution in [2.45, 2.75) is 59.0 Å². The summed E-state index contributed by atoms with van der Waals surface area (Å²) in [6.07, 6.45) is 4.26. The Morgan fingerprint density at radius 3 is 2.63 bits per heavy atom. The topological polar surface area (TPSA) is 68.0 Å². The third kappa shape index (κ3) is 4.41. The van der Waals surface area contributed by atoms with E-state index < -0.39 is 0 Å². The molecule has 30 heavy (non-hydrogen) atoms. The maximum atomic E-state index is 12.6. The molecule has 1 amide bonds. The highest BCUT2D eigenvalue weighted by atomic mass is 16.1. The second kappa shape index (κ2) is 8.60. The normalized spacial score (nSPS) is 16.1. The third-order valence-corrected chi connectivity index (χ3v) is 6.01. The molecular formula is C23H32N6O. The lowest BCUT2D eigenvalue weighted by atomic mass is 10.1. The van der Waals surface area contributed by atoms with Crippen LogP contribution in [0.25, 0.3) is 11.0 Å². The Kier molecular flexibility index (Phi) is 5.90. The monoisotopic (exact) mass is 408 g/mol. The van der Waals surface area contributed by atoms with Crippen LogP contribution in [0, 0.1) is 13.8 Å². The summed E-state index contributed by atoms with van der Waals surface area (Å²) >= 11 is 0. The highest BCUT2D eigenvalue weighted by Crippen LogP contribution is 2.22. The zero-order valence-corrected chi connectivity index (χ0v) is 18.5. The molecule has 0 aliphatic carbocycles. The van der Waals surface area contributed by atoms with Gasteiger partial charge in [0.05, 0.1) is 29.3 Å². The minimum absolute atomic E-state index is 0.00780. The van der Waals surface area contributed by atoms with Crippen molar-refractivity contribution in [1.82, 2.24) is 24.2 Å². The molecular weight excluding hydrogens is 376 g/mol. The molecule has 1 aliphatic rings. The number of nitrogens with one attached hydrogen (secondary N) is 1. The van der Waals surface area contributed by atoms with Crippen LogP contribution in [0.15, 0.2) is 24.3 Å². The third-order valence-electron chi connectivity index (χ3n) is 6.01. The summed E-state index contributed by atoms with van der Waals surface area (Å²) in [5, 5.41) is 7.52. The Labute approximate surface area is 178 Å². The number of fused-ring (bicyclic) bond motifs is 1. The summed E-state index contributed by atoms with van der Waals surface area (Å²) in [4.78, 5) is 19.9. The van der Waals surface area contributed by atoms with Crippen molar-refractivity contribution in [2.75, 3.05) is 18.4 Å². The molecule has 0 bridgehead atoms. The molecule has 2 aromatic heterocycles. The van der Waals surface area contributed by atoms with Crippen LogP contribution in [-0.4, -0.2) is 43.2 Å². The molecule has 160 valence electrons. The first kappa shape index (κ1) is 20.6. The molecule has 4 rings (SSSR count). The summed E-state index contributed by atoms with van der Waals surface area (Å²) in [6, 6.07) is 8.02. The van der Waals surface area contributed by atoms with Crippen LogP contribution in [0.4, 0.5) is 5.69 Å². The first-order valence-corrected chi connectivity index (χ1v) is 10.9. The fourth-order valence-electron chi connectivity index (χ4n) is 4.45. The molecule has 0 saturated carbocycles. The molecule has 1 saturated heterocycles. The van der Waals surface area contributed by atoms with Gasteiger partial charge in [0.1, 0.15) is 5.82 Å². The van der Waals surface area contributed by atoms with Crippen molar-refractivity contribution in [1.29, 1.82) is 0 Å². The first-order valence-electron chi connectivity index (χ1n) is 10.9. The van der Waals surface area contributed by atoms with Crippen LogP contribution in [0.5, 0.6) is 0 Å². The van der Waals surface area contributed by atoms with E-state index in [1.165, 1.54) is 19.3 Å². The lowest BCUT2D eigenvalue weighted by molar-refractivity contribution is -0.116. The van der Waals surface area contributed by atoms with Crippen LogP contribution >= 0.6 is 0 Å². The zero-order chi connectivity index (χ0) is 21.3. The fraction of sp³-hybridized carbons (Fsp3) is 0.522. The second-order valence-electron chi connectivity index (χ2n) is 8.60. The molecule has 1 atom stereocenters. The Hall–Kier alpha value is -2.67. The minimum Gasteiger partial charge on any atom is -0.330 e. The van der Waals surface area contributed by atoms with E-state index in [9.17, 15) is 4.79 Å². The number of nitrogens with zero attached hydrogens (tertiary/aromatic N) is 5. The van der Waals surface area contributed by atoms with Gasteiger partial charge in [0.15, 0.2) is 0 Å². The van der Waals surface area contributed by atoms with Crippen molar-refractivity contribution in [3.63, 3.8) is 0 Å². The van der Waals surface area contributed by atoms with E-state index >= 15 is 0 Å². The number of imidazole rings is 1. The smallest absolute Gasteiger partial charge is 0.226 e. The highest BCUT2D eigenvalue weighted by molar-refractivity contribution is 5.93. The van der Waals surface area contributed by atoms with Gasteiger partial charge in [-0.15, -0.1) is 0 Å². The lowest BCUT2D eigenvalue weighted by Gasteiger charge is -2.25. The number of carbonyl (C=O) groups excluding carboxylic acids is 1. The van der Waals surface area contributed by atoms with Crippen molar-refractivity contribution in [2.24, 2.45) is 7.05 Å². The molecule has 0 unspecified atom stereocenters. The molecule has 1 aliphatic heterocycles. The standard InChI is InChI=1S/C23H32N6O/c1-16-12-17(2)29(26-16)18(3)13-23(30)24-19-8-9-21-20(14-19)25-22(27(21)4)15-28-10-6-5-7-11-28/h8-9,12,14,18H,5-7,10-11,13,15H2,1-4H3,(H,24,30)/t18-/m1/s1. The zero-order valence-electron chi connectivity index (χ0n) is 18.5. The number of hydrogen-bond donors (Lipinski definition) is 1. The van der Waals surface area contributed by atoms with Crippen LogP contribution < -0.4 is 5.32 Å². The van der Waals surface area contributed by atoms with Crippen LogP contribution in [0.1, 0.15) is 55.9 Å².